The fourth-order valence-corrected chi connectivity index (χ4v) is 4.39. The Labute approximate surface area is 195 Å². The largest absolute Gasteiger partial charge is 0.491 e. The van der Waals surface area contributed by atoms with Crippen molar-refractivity contribution in [2.45, 2.75) is 90.3 Å². The minimum absolute atomic E-state index is 0.0404. The molecular formula is C26H35FN2O4. The van der Waals surface area contributed by atoms with Gasteiger partial charge in [0.05, 0.1) is 6.61 Å². The van der Waals surface area contributed by atoms with Crippen LogP contribution in [0.3, 0.4) is 0 Å². The van der Waals surface area contributed by atoms with Crippen molar-refractivity contribution in [1.82, 2.24) is 9.97 Å². The fourth-order valence-electron chi connectivity index (χ4n) is 4.39. The fraction of sp³-hybridized carbons (Fsp3) is 0.577. The molecule has 1 aromatic carbocycles. The smallest absolute Gasteiger partial charge is 0.361 e. The van der Waals surface area contributed by atoms with Gasteiger partial charge < -0.3 is 14.6 Å². The number of ether oxygens (including phenoxy) is 2. The molecule has 1 aliphatic carbocycles. The average molecular weight is 459 g/mol. The van der Waals surface area contributed by atoms with E-state index in [1.165, 1.54) is 0 Å². The molecule has 0 spiro atoms. The van der Waals surface area contributed by atoms with Crippen LogP contribution in [0.15, 0.2) is 24.3 Å². The number of carbonyl (C=O) groups excluding carboxylic acids is 1. The molecule has 2 aromatic rings. The minimum Gasteiger partial charge on any atom is -0.491 e. The molecule has 1 N–H and O–H groups in total. The molecule has 0 saturated heterocycles. The van der Waals surface area contributed by atoms with E-state index in [9.17, 15) is 14.3 Å². The highest BCUT2D eigenvalue weighted by atomic mass is 19.1. The number of unbranched alkanes of at least 4 members (excludes halogenated alkanes) is 1. The molecule has 0 bridgehead atoms. The van der Waals surface area contributed by atoms with Gasteiger partial charge in [-0.3, -0.25) is 0 Å². The number of nitrogens with zero attached hydrogens (tertiary/aromatic N) is 2. The quantitative estimate of drug-likeness (QED) is 0.375. The van der Waals surface area contributed by atoms with Crippen LogP contribution in [0.5, 0.6) is 11.6 Å². The second-order valence-corrected chi connectivity index (χ2v) is 9.84. The van der Waals surface area contributed by atoms with Crippen LogP contribution in [0.2, 0.25) is 0 Å². The molecule has 3 rings (SSSR count). The maximum absolute atomic E-state index is 13.3. The first kappa shape index (κ1) is 24.9. The van der Waals surface area contributed by atoms with Crippen LogP contribution >= 0.6 is 0 Å². The molecule has 0 unspecified atom stereocenters. The van der Waals surface area contributed by atoms with Gasteiger partial charge >= 0.3 is 5.97 Å². The summed E-state index contributed by atoms with van der Waals surface area (Å²) in [7, 11) is 0. The summed E-state index contributed by atoms with van der Waals surface area (Å²) in [6.45, 7) is 7.16. The zero-order chi connectivity index (χ0) is 24.1. The number of esters is 1. The lowest BCUT2D eigenvalue weighted by Crippen LogP contribution is -2.28. The van der Waals surface area contributed by atoms with Gasteiger partial charge in [0, 0.05) is 11.8 Å². The number of carbonyl (C=O) groups is 1. The first-order chi connectivity index (χ1) is 15.7. The molecule has 1 aromatic heterocycles. The lowest BCUT2D eigenvalue weighted by atomic mass is 9.75. The van der Waals surface area contributed by atoms with Crippen molar-refractivity contribution in [2.24, 2.45) is 0 Å². The molecule has 180 valence electrons. The summed E-state index contributed by atoms with van der Waals surface area (Å²) in [4.78, 5) is 21.8. The molecule has 1 heterocycles. The van der Waals surface area contributed by atoms with E-state index in [-0.39, 0.29) is 22.7 Å². The van der Waals surface area contributed by atoms with Crippen LogP contribution in [0.1, 0.15) is 93.7 Å². The van der Waals surface area contributed by atoms with Crippen molar-refractivity contribution >= 4 is 5.97 Å². The summed E-state index contributed by atoms with van der Waals surface area (Å²) >= 11 is 0. The van der Waals surface area contributed by atoms with Gasteiger partial charge in [-0.1, -0.05) is 50.5 Å². The summed E-state index contributed by atoms with van der Waals surface area (Å²) in [6, 6.07) is 7.57. The van der Waals surface area contributed by atoms with E-state index in [1.54, 1.807) is 26.8 Å². The number of aromatic hydroxyl groups is 1. The summed E-state index contributed by atoms with van der Waals surface area (Å²) < 4.78 is 24.5. The molecule has 1 fully saturated rings. The number of benzene rings is 1. The normalized spacial score (nSPS) is 15.4. The van der Waals surface area contributed by atoms with Crippen LogP contribution in [-0.2, 0) is 23.2 Å². The third-order valence-corrected chi connectivity index (χ3v) is 5.98. The number of aromatic nitrogens is 2. The van der Waals surface area contributed by atoms with Crippen LogP contribution in [-0.4, -0.2) is 33.3 Å². The molecule has 7 heteroatoms. The summed E-state index contributed by atoms with van der Waals surface area (Å²) in [5.41, 5.74) is 0.622. The molecular weight excluding hydrogens is 423 g/mol. The topological polar surface area (TPSA) is 81.5 Å². The van der Waals surface area contributed by atoms with Crippen molar-refractivity contribution in [3.8, 4) is 11.6 Å². The van der Waals surface area contributed by atoms with E-state index in [4.69, 9.17) is 9.47 Å². The van der Waals surface area contributed by atoms with Gasteiger partial charge in [-0.2, -0.15) is 4.98 Å². The predicted molar refractivity (Wildman–Crippen MR) is 124 cm³/mol. The number of rotatable bonds is 9. The highest BCUT2D eigenvalue weighted by Crippen LogP contribution is 2.44. The Bertz CT molecular complexity index is 965. The second-order valence-electron chi connectivity index (χ2n) is 9.84. The van der Waals surface area contributed by atoms with Crippen LogP contribution in [0, 0.1) is 0 Å². The Morgan fingerprint density at radius 1 is 1.21 bits per heavy atom. The average Bonchev–Trinajstić information content (AvgIpc) is 3.23. The Morgan fingerprint density at radius 3 is 2.58 bits per heavy atom. The van der Waals surface area contributed by atoms with E-state index in [0.717, 1.165) is 44.1 Å². The zero-order valence-corrected chi connectivity index (χ0v) is 20.1. The third kappa shape index (κ3) is 6.21. The van der Waals surface area contributed by atoms with E-state index < -0.39 is 18.2 Å². The van der Waals surface area contributed by atoms with E-state index in [2.05, 4.69) is 9.97 Å². The molecule has 0 aliphatic heterocycles. The number of alkyl halides is 1. The second kappa shape index (κ2) is 10.5. The number of halogens is 1. The molecule has 33 heavy (non-hydrogen) atoms. The molecule has 1 aliphatic rings. The Morgan fingerprint density at radius 2 is 1.94 bits per heavy atom. The third-order valence-electron chi connectivity index (χ3n) is 5.98. The van der Waals surface area contributed by atoms with E-state index >= 15 is 0 Å². The van der Waals surface area contributed by atoms with Gasteiger partial charge in [0.2, 0.25) is 5.75 Å². The Balaban J connectivity index is 2.00. The first-order valence-electron chi connectivity index (χ1n) is 11.8. The maximum Gasteiger partial charge on any atom is 0.361 e. The standard InChI is InChI=1S/C26H35FN2O4/c1-5-6-14-32-22-21(24(31)33-25(2,3)4)28-20(29-23(22)30)16-26(12-7-8-13-26)19-11-9-10-18(15-19)17-27/h9-11,15H,5-8,12-14,16-17H2,1-4H3,(H,28,29,30). The summed E-state index contributed by atoms with van der Waals surface area (Å²) in [5.74, 6) is -0.708. The van der Waals surface area contributed by atoms with Crippen molar-refractivity contribution in [1.29, 1.82) is 0 Å². The van der Waals surface area contributed by atoms with Crippen LogP contribution in [0.4, 0.5) is 4.39 Å². The van der Waals surface area contributed by atoms with Crippen LogP contribution in [0.25, 0.3) is 0 Å². The first-order valence-corrected chi connectivity index (χ1v) is 11.8. The summed E-state index contributed by atoms with van der Waals surface area (Å²) in [5, 5.41) is 10.7. The monoisotopic (exact) mass is 458 g/mol. The number of hydrogen-bond donors (Lipinski definition) is 1. The SMILES string of the molecule is CCCCOc1c(O)nc(CC2(c3cccc(CF)c3)CCCC2)nc1C(=O)OC(C)(C)C. The molecule has 1 saturated carbocycles. The van der Waals surface area contributed by atoms with E-state index in [1.807, 2.05) is 25.1 Å². The molecule has 0 atom stereocenters. The van der Waals surface area contributed by atoms with Crippen molar-refractivity contribution in [3.63, 3.8) is 0 Å². The van der Waals surface area contributed by atoms with Crippen molar-refractivity contribution < 1.29 is 23.8 Å². The Hall–Kier alpha value is -2.70. The highest BCUT2D eigenvalue weighted by molar-refractivity contribution is 5.91. The molecule has 6 nitrogen and oxygen atoms in total. The predicted octanol–water partition coefficient (Wildman–Crippen LogP) is 5.84. The van der Waals surface area contributed by atoms with Crippen molar-refractivity contribution in [3.05, 3.63) is 46.9 Å². The summed E-state index contributed by atoms with van der Waals surface area (Å²) in [6.07, 6.45) is 6.00. The zero-order valence-electron chi connectivity index (χ0n) is 20.1. The minimum atomic E-state index is -0.724. The van der Waals surface area contributed by atoms with Crippen molar-refractivity contribution in [2.75, 3.05) is 6.61 Å². The van der Waals surface area contributed by atoms with Gasteiger partial charge in [-0.05, 0) is 51.2 Å². The van der Waals surface area contributed by atoms with E-state index in [0.29, 0.717) is 24.4 Å². The van der Waals surface area contributed by atoms with Gasteiger partial charge in [-0.25, -0.2) is 14.2 Å². The number of hydrogen-bond acceptors (Lipinski definition) is 6. The van der Waals surface area contributed by atoms with Crippen LogP contribution < -0.4 is 4.74 Å². The molecule has 0 amide bonds. The van der Waals surface area contributed by atoms with Gasteiger partial charge in [0.25, 0.3) is 5.88 Å². The molecule has 0 radical (unpaired) electrons. The van der Waals surface area contributed by atoms with Gasteiger partial charge in [-0.15, -0.1) is 0 Å². The Kier molecular flexibility index (Phi) is 7.92. The lowest BCUT2D eigenvalue weighted by Gasteiger charge is -2.30. The lowest BCUT2D eigenvalue weighted by molar-refractivity contribution is 0.00568. The highest BCUT2D eigenvalue weighted by Gasteiger charge is 2.38. The van der Waals surface area contributed by atoms with Gasteiger partial charge in [0.1, 0.15) is 18.1 Å². The maximum atomic E-state index is 13.3. The van der Waals surface area contributed by atoms with Gasteiger partial charge in [0.15, 0.2) is 5.69 Å².